The normalized spacial score (nSPS) is 17.8. The first kappa shape index (κ1) is 14.3. The van der Waals surface area contributed by atoms with Crippen molar-refractivity contribution in [1.82, 2.24) is 5.32 Å². The zero-order valence-electron chi connectivity index (χ0n) is 9.97. The number of aliphatic hydroxyl groups is 1. The van der Waals surface area contributed by atoms with Crippen molar-refractivity contribution in [3.8, 4) is 0 Å². The summed E-state index contributed by atoms with van der Waals surface area (Å²) in [6.45, 7) is 6.80. The predicted molar refractivity (Wildman–Crippen MR) is 65.9 cm³/mol. The van der Waals surface area contributed by atoms with Crippen LogP contribution in [0.15, 0.2) is 0 Å². The first-order valence-corrected chi connectivity index (χ1v) is 6.61. The number of aliphatic hydroxyl groups excluding tert-OH is 1. The van der Waals surface area contributed by atoms with Gasteiger partial charge in [0.05, 0.1) is 6.61 Å². The van der Waals surface area contributed by atoms with Crippen LogP contribution in [0.4, 0.5) is 0 Å². The van der Waals surface area contributed by atoms with Crippen LogP contribution < -0.4 is 5.32 Å². The van der Waals surface area contributed by atoms with Gasteiger partial charge in [-0.2, -0.15) is 11.8 Å². The van der Waals surface area contributed by atoms with Crippen LogP contribution in [-0.4, -0.2) is 35.8 Å². The molecule has 0 saturated heterocycles. The van der Waals surface area contributed by atoms with Crippen LogP contribution in [-0.2, 0) is 0 Å². The molecule has 0 radical (unpaired) electrons. The summed E-state index contributed by atoms with van der Waals surface area (Å²) < 4.78 is 0. The van der Waals surface area contributed by atoms with Crippen LogP contribution >= 0.6 is 11.8 Å². The molecule has 0 aromatic heterocycles. The minimum atomic E-state index is -0.0948. The minimum absolute atomic E-state index is 0.0948. The molecule has 0 aliphatic heterocycles. The highest BCUT2D eigenvalue weighted by atomic mass is 32.2. The largest absolute Gasteiger partial charge is 0.394 e. The van der Waals surface area contributed by atoms with Crippen molar-refractivity contribution in [2.45, 2.75) is 39.2 Å². The fourth-order valence-electron chi connectivity index (χ4n) is 0.983. The fraction of sp³-hybridized carbons (Fsp3) is 1.00. The maximum absolute atomic E-state index is 9.17. The van der Waals surface area contributed by atoms with Gasteiger partial charge in [-0.15, -0.1) is 0 Å². The predicted octanol–water partition coefficient (Wildman–Crippen LogP) is 2.13. The van der Waals surface area contributed by atoms with Gasteiger partial charge in [0.25, 0.3) is 0 Å². The summed E-state index contributed by atoms with van der Waals surface area (Å²) in [7, 11) is 1.91. The van der Waals surface area contributed by atoms with E-state index in [2.05, 4.69) is 26.1 Å². The molecule has 0 spiro atoms. The van der Waals surface area contributed by atoms with E-state index < -0.39 is 0 Å². The van der Waals surface area contributed by atoms with Gasteiger partial charge < -0.3 is 10.4 Å². The Balaban J connectivity index is 3.52. The highest BCUT2D eigenvalue weighted by Crippen LogP contribution is 2.16. The summed E-state index contributed by atoms with van der Waals surface area (Å²) in [6, 6.07) is 0. The summed E-state index contributed by atoms with van der Waals surface area (Å²) in [5.41, 5.74) is -0.0948. The molecule has 2 N–H and O–H groups in total. The lowest BCUT2D eigenvalue weighted by Crippen LogP contribution is -2.43. The zero-order chi connectivity index (χ0) is 11.0. The molecule has 3 heteroatoms. The number of hydrogen-bond donors (Lipinski definition) is 2. The average Bonchev–Trinajstić information content (AvgIpc) is 2.23. The summed E-state index contributed by atoms with van der Waals surface area (Å²) in [5.74, 6) is 3.18. The van der Waals surface area contributed by atoms with Gasteiger partial charge in [0, 0.05) is 5.54 Å². The molecule has 86 valence electrons. The minimum Gasteiger partial charge on any atom is -0.394 e. The summed E-state index contributed by atoms with van der Waals surface area (Å²) >= 11 is 1.99. The highest BCUT2D eigenvalue weighted by Gasteiger charge is 2.19. The Morgan fingerprint density at radius 3 is 2.57 bits per heavy atom. The van der Waals surface area contributed by atoms with Crippen LogP contribution in [0.2, 0.25) is 0 Å². The molecule has 0 bridgehead atoms. The monoisotopic (exact) mass is 219 g/mol. The number of hydrogen-bond acceptors (Lipinski definition) is 3. The smallest absolute Gasteiger partial charge is 0.0610 e. The van der Waals surface area contributed by atoms with Gasteiger partial charge in [0.2, 0.25) is 0 Å². The molecule has 0 heterocycles. The molecular weight excluding hydrogens is 194 g/mol. The van der Waals surface area contributed by atoms with E-state index in [0.29, 0.717) is 0 Å². The number of thioether (sulfide) groups is 1. The van der Waals surface area contributed by atoms with Crippen molar-refractivity contribution in [3.63, 3.8) is 0 Å². The Hall–Kier alpha value is 0.270. The SMILES string of the molecule is CCC(C)CSCCC(C)(CO)NC. The van der Waals surface area contributed by atoms with Gasteiger partial charge in [0.15, 0.2) is 0 Å². The van der Waals surface area contributed by atoms with Gasteiger partial charge in [0.1, 0.15) is 0 Å². The Morgan fingerprint density at radius 2 is 2.14 bits per heavy atom. The maximum atomic E-state index is 9.17. The molecule has 2 atom stereocenters. The van der Waals surface area contributed by atoms with Crippen molar-refractivity contribution in [3.05, 3.63) is 0 Å². The molecule has 0 amide bonds. The lowest BCUT2D eigenvalue weighted by atomic mass is 10.0. The second kappa shape index (κ2) is 7.55. The van der Waals surface area contributed by atoms with Gasteiger partial charge in [-0.1, -0.05) is 20.3 Å². The molecule has 0 saturated carbocycles. The van der Waals surface area contributed by atoms with Gasteiger partial charge >= 0.3 is 0 Å². The van der Waals surface area contributed by atoms with Gasteiger partial charge in [-0.25, -0.2) is 0 Å². The fourth-order valence-corrected chi connectivity index (χ4v) is 2.38. The van der Waals surface area contributed by atoms with Crippen LogP contribution in [0.1, 0.15) is 33.6 Å². The molecular formula is C11H25NOS. The van der Waals surface area contributed by atoms with Crippen molar-refractivity contribution in [2.75, 3.05) is 25.2 Å². The third-order valence-electron chi connectivity index (χ3n) is 2.85. The number of likely N-dealkylation sites (N-methyl/N-ethyl adjacent to an activating group) is 1. The van der Waals surface area contributed by atoms with Gasteiger partial charge in [-0.3, -0.25) is 0 Å². The zero-order valence-corrected chi connectivity index (χ0v) is 10.8. The lowest BCUT2D eigenvalue weighted by Gasteiger charge is -2.26. The standard InChI is InChI=1S/C11H25NOS/c1-5-10(2)8-14-7-6-11(3,9-13)12-4/h10,12-13H,5-9H2,1-4H3. The van der Waals surface area contributed by atoms with Crippen molar-refractivity contribution in [1.29, 1.82) is 0 Å². The van der Waals surface area contributed by atoms with Crippen LogP contribution in [0.5, 0.6) is 0 Å². The number of nitrogens with one attached hydrogen (secondary N) is 1. The lowest BCUT2D eigenvalue weighted by molar-refractivity contribution is 0.179. The third-order valence-corrected chi connectivity index (χ3v) is 4.15. The molecule has 0 aromatic carbocycles. The van der Waals surface area contributed by atoms with Crippen molar-refractivity contribution < 1.29 is 5.11 Å². The molecule has 0 aliphatic rings. The van der Waals surface area contributed by atoms with E-state index in [1.54, 1.807) is 0 Å². The van der Waals surface area contributed by atoms with E-state index in [1.807, 2.05) is 18.8 Å². The Labute approximate surface area is 92.9 Å². The highest BCUT2D eigenvalue weighted by molar-refractivity contribution is 7.99. The van der Waals surface area contributed by atoms with Gasteiger partial charge in [-0.05, 0) is 37.8 Å². The Bertz CT molecular complexity index is 137. The summed E-state index contributed by atoms with van der Waals surface area (Å²) in [4.78, 5) is 0. The van der Waals surface area contributed by atoms with Crippen LogP contribution in [0.25, 0.3) is 0 Å². The second-order valence-corrected chi connectivity index (χ2v) is 5.46. The first-order chi connectivity index (χ1) is 6.58. The van der Waals surface area contributed by atoms with E-state index in [-0.39, 0.29) is 12.1 Å². The third kappa shape index (κ3) is 5.89. The molecule has 14 heavy (non-hydrogen) atoms. The summed E-state index contributed by atoms with van der Waals surface area (Å²) in [5, 5.41) is 12.3. The Kier molecular flexibility index (Phi) is 7.69. The molecule has 0 aliphatic carbocycles. The first-order valence-electron chi connectivity index (χ1n) is 5.45. The Morgan fingerprint density at radius 1 is 1.50 bits per heavy atom. The van der Waals surface area contributed by atoms with E-state index in [9.17, 15) is 0 Å². The average molecular weight is 219 g/mol. The molecule has 0 rings (SSSR count). The van der Waals surface area contributed by atoms with E-state index in [0.717, 1.165) is 18.1 Å². The molecule has 2 unspecified atom stereocenters. The van der Waals surface area contributed by atoms with Crippen molar-refractivity contribution in [2.24, 2.45) is 5.92 Å². The van der Waals surface area contributed by atoms with E-state index >= 15 is 0 Å². The molecule has 0 aromatic rings. The summed E-state index contributed by atoms with van der Waals surface area (Å²) in [6.07, 6.45) is 2.29. The van der Waals surface area contributed by atoms with E-state index in [4.69, 9.17) is 5.11 Å². The van der Waals surface area contributed by atoms with E-state index in [1.165, 1.54) is 12.2 Å². The number of rotatable bonds is 8. The van der Waals surface area contributed by atoms with Crippen LogP contribution in [0.3, 0.4) is 0 Å². The quantitative estimate of drug-likeness (QED) is 0.613. The topological polar surface area (TPSA) is 32.3 Å². The molecule has 0 fully saturated rings. The maximum Gasteiger partial charge on any atom is 0.0610 e. The second-order valence-electron chi connectivity index (χ2n) is 4.31. The van der Waals surface area contributed by atoms with Crippen LogP contribution in [0, 0.1) is 5.92 Å². The molecule has 2 nitrogen and oxygen atoms in total. The van der Waals surface area contributed by atoms with Crippen molar-refractivity contribution >= 4 is 11.8 Å².